The van der Waals surface area contributed by atoms with Gasteiger partial charge in [-0.15, -0.1) is 13.2 Å². The number of allylic oxidation sites excluding steroid dienone is 1. The smallest absolute Gasteiger partial charge is 0.107 e. The minimum absolute atomic E-state index is 1.14. The van der Waals surface area contributed by atoms with Crippen LogP contribution in [0, 0.1) is 20.8 Å². The lowest BCUT2D eigenvalue weighted by molar-refractivity contribution is 1.22. The number of hydrogen-bond acceptors (Lipinski definition) is 0. The highest BCUT2D eigenvalue weighted by atomic mass is 28.3. The van der Waals surface area contributed by atoms with E-state index in [0.717, 1.165) is 0 Å². The molecule has 1 aromatic carbocycles. The van der Waals surface area contributed by atoms with Crippen LogP contribution in [-0.4, -0.2) is 8.80 Å². The van der Waals surface area contributed by atoms with Crippen LogP contribution >= 0.6 is 0 Å². The molecule has 0 radical (unpaired) electrons. The SMILES string of the molecule is C=C[SiH](C=C)C1=C(C)c2c1cc(C)c(C)c2C. The molecule has 0 N–H and O–H groups in total. The van der Waals surface area contributed by atoms with Crippen LogP contribution in [0.1, 0.15) is 34.7 Å². The number of benzene rings is 1. The second-order valence-electron chi connectivity index (χ2n) is 4.90. The fourth-order valence-electron chi connectivity index (χ4n) is 2.81. The van der Waals surface area contributed by atoms with Crippen LogP contribution in [0.4, 0.5) is 0 Å². The third-order valence-electron chi connectivity index (χ3n) is 4.07. The summed E-state index contributed by atoms with van der Waals surface area (Å²) in [5.74, 6) is 0. The maximum atomic E-state index is 3.96. The first-order valence-corrected chi connectivity index (χ1v) is 8.01. The monoisotopic (exact) mass is 240 g/mol. The maximum Gasteiger partial charge on any atom is 0.117 e. The molecule has 0 amide bonds. The summed E-state index contributed by atoms with van der Waals surface area (Å²) < 4.78 is 0. The van der Waals surface area contributed by atoms with E-state index in [9.17, 15) is 0 Å². The second-order valence-corrected chi connectivity index (χ2v) is 7.47. The van der Waals surface area contributed by atoms with Crippen molar-refractivity contribution in [1.82, 2.24) is 0 Å². The fraction of sp³-hybridized carbons (Fsp3) is 0.250. The summed E-state index contributed by atoms with van der Waals surface area (Å²) in [6.07, 6.45) is 0. The molecule has 0 spiro atoms. The minimum Gasteiger partial charge on any atom is -0.107 e. The Morgan fingerprint density at radius 1 is 1.00 bits per heavy atom. The Balaban J connectivity index is 2.61. The molecule has 0 fully saturated rings. The molecule has 17 heavy (non-hydrogen) atoms. The van der Waals surface area contributed by atoms with E-state index in [2.05, 4.69) is 58.3 Å². The first kappa shape index (κ1) is 12.1. The van der Waals surface area contributed by atoms with Crippen molar-refractivity contribution in [1.29, 1.82) is 0 Å². The highest BCUT2D eigenvalue weighted by Gasteiger charge is 2.29. The molecule has 0 saturated carbocycles. The summed E-state index contributed by atoms with van der Waals surface area (Å²) in [5, 5.41) is 1.54. The Labute approximate surface area is 106 Å². The molecule has 1 aliphatic carbocycles. The number of aryl methyl sites for hydroxylation is 1. The minimum atomic E-state index is -1.14. The molecule has 0 aliphatic heterocycles. The van der Waals surface area contributed by atoms with Crippen molar-refractivity contribution in [3.05, 3.63) is 58.4 Å². The lowest BCUT2D eigenvalue weighted by Crippen LogP contribution is -2.20. The molecule has 0 saturated heterocycles. The van der Waals surface area contributed by atoms with Crippen molar-refractivity contribution in [3.8, 4) is 0 Å². The number of rotatable bonds is 3. The Kier molecular flexibility index (Phi) is 2.96. The quantitative estimate of drug-likeness (QED) is 0.699. The largest absolute Gasteiger partial charge is 0.117 e. The molecule has 0 bridgehead atoms. The van der Waals surface area contributed by atoms with Gasteiger partial charge in [-0.2, -0.15) is 0 Å². The van der Waals surface area contributed by atoms with Gasteiger partial charge in [0.2, 0.25) is 0 Å². The first-order valence-electron chi connectivity index (χ1n) is 6.10. The average Bonchev–Trinajstić information content (AvgIpc) is 2.32. The molecule has 2 rings (SSSR count). The van der Waals surface area contributed by atoms with Gasteiger partial charge in [0, 0.05) is 0 Å². The second kappa shape index (κ2) is 4.15. The van der Waals surface area contributed by atoms with Gasteiger partial charge in [-0.25, -0.2) is 0 Å². The molecule has 0 unspecified atom stereocenters. The van der Waals surface area contributed by atoms with Crippen LogP contribution < -0.4 is 0 Å². The summed E-state index contributed by atoms with van der Waals surface area (Å²) in [6, 6.07) is 2.34. The topological polar surface area (TPSA) is 0 Å². The summed E-state index contributed by atoms with van der Waals surface area (Å²) in [5.41, 5.74) is 12.9. The van der Waals surface area contributed by atoms with Gasteiger partial charge in [0.15, 0.2) is 0 Å². The van der Waals surface area contributed by atoms with Gasteiger partial charge in [0.25, 0.3) is 0 Å². The number of hydrogen-bond donors (Lipinski definition) is 0. The van der Waals surface area contributed by atoms with Crippen molar-refractivity contribution in [2.75, 3.05) is 0 Å². The summed E-state index contributed by atoms with van der Waals surface area (Å²) >= 11 is 0. The van der Waals surface area contributed by atoms with Gasteiger partial charge in [-0.05, 0) is 66.3 Å². The van der Waals surface area contributed by atoms with Gasteiger partial charge in [-0.3, -0.25) is 0 Å². The zero-order valence-corrected chi connectivity index (χ0v) is 12.4. The van der Waals surface area contributed by atoms with E-state index >= 15 is 0 Å². The van der Waals surface area contributed by atoms with Gasteiger partial charge in [0.05, 0.1) is 0 Å². The third-order valence-corrected chi connectivity index (χ3v) is 6.50. The van der Waals surface area contributed by atoms with Crippen LogP contribution in [0.2, 0.25) is 0 Å². The number of fused-ring (bicyclic) bond motifs is 1. The van der Waals surface area contributed by atoms with Crippen molar-refractivity contribution >= 4 is 19.6 Å². The van der Waals surface area contributed by atoms with Crippen molar-refractivity contribution in [2.45, 2.75) is 27.7 Å². The van der Waals surface area contributed by atoms with Gasteiger partial charge >= 0.3 is 0 Å². The van der Waals surface area contributed by atoms with Crippen LogP contribution in [-0.2, 0) is 0 Å². The van der Waals surface area contributed by atoms with E-state index in [1.54, 1.807) is 0 Å². The summed E-state index contributed by atoms with van der Waals surface area (Å²) in [7, 11) is -1.14. The average molecular weight is 240 g/mol. The molecular formula is C16H20Si. The first-order chi connectivity index (χ1) is 8.02. The Morgan fingerprint density at radius 2 is 1.59 bits per heavy atom. The Bertz CT molecular complexity index is 539. The van der Waals surface area contributed by atoms with E-state index in [1.165, 1.54) is 38.6 Å². The molecule has 1 aromatic rings. The predicted molar refractivity (Wildman–Crippen MR) is 80.7 cm³/mol. The lowest BCUT2D eigenvalue weighted by atomic mass is 9.82. The summed E-state index contributed by atoms with van der Waals surface area (Å²) in [6.45, 7) is 16.8. The van der Waals surface area contributed by atoms with Crippen LogP contribution in [0.5, 0.6) is 0 Å². The van der Waals surface area contributed by atoms with Gasteiger partial charge < -0.3 is 0 Å². The van der Waals surface area contributed by atoms with Gasteiger partial charge in [-0.1, -0.05) is 17.5 Å². The zero-order chi connectivity index (χ0) is 12.7. The van der Waals surface area contributed by atoms with E-state index in [-0.39, 0.29) is 0 Å². The molecular weight excluding hydrogens is 220 g/mol. The molecule has 1 heteroatoms. The maximum absolute atomic E-state index is 3.96. The van der Waals surface area contributed by atoms with Crippen molar-refractivity contribution < 1.29 is 0 Å². The standard InChI is InChI=1S/C16H20Si/c1-7-17(8-2)16-13(6)15-12(5)11(4)10(3)9-14(15)16/h7-9,17H,1-2H2,3-6H3. The predicted octanol–water partition coefficient (Wildman–Crippen LogP) is 4.07. The van der Waals surface area contributed by atoms with Crippen LogP contribution in [0.25, 0.3) is 10.8 Å². The Morgan fingerprint density at radius 3 is 2.12 bits per heavy atom. The Hall–Kier alpha value is -1.34. The fourth-order valence-corrected chi connectivity index (χ4v) is 4.71. The molecule has 0 aromatic heterocycles. The van der Waals surface area contributed by atoms with Gasteiger partial charge in [0.1, 0.15) is 8.80 Å². The van der Waals surface area contributed by atoms with Crippen molar-refractivity contribution in [3.63, 3.8) is 0 Å². The molecule has 0 nitrogen and oxygen atoms in total. The van der Waals surface area contributed by atoms with E-state index in [4.69, 9.17) is 0 Å². The molecule has 0 atom stereocenters. The van der Waals surface area contributed by atoms with Crippen molar-refractivity contribution in [2.24, 2.45) is 0 Å². The zero-order valence-electron chi connectivity index (χ0n) is 11.2. The summed E-state index contributed by atoms with van der Waals surface area (Å²) in [4.78, 5) is 0. The third kappa shape index (κ3) is 1.57. The lowest BCUT2D eigenvalue weighted by Gasteiger charge is -2.32. The molecule has 1 aliphatic rings. The highest BCUT2D eigenvalue weighted by Crippen LogP contribution is 2.45. The highest BCUT2D eigenvalue weighted by molar-refractivity contribution is 6.89. The van der Waals surface area contributed by atoms with Crippen LogP contribution in [0.3, 0.4) is 0 Å². The van der Waals surface area contributed by atoms with E-state index in [1.807, 2.05) is 0 Å². The van der Waals surface area contributed by atoms with E-state index < -0.39 is 8.80 Å². The molecule has 88 valence electrons. The normalized spacial score (nSPS) is 13.5. The molecule has 0 heterocycles. The van der Waals surface area contributed by atoms with E-state index in [0.29, 0.717) is 0 Å². The van der Waals surface area contributed by atoms with Crippen LogP contribution in [0.15, 0.2) is 30.6 Å².